The SMILES string of the molecule is COc1c(N2CC3(CC3)[C@](C)(N)C2)c(F)cc2c(=O)c(C(=O)O)c[nH]c12. The summed E-state index contributed by atoms with van der Waals surface area (Å²) in [6, 6.07) is 1.07. The Kier molecular flexibility index (Phi) is 3.37. The second-order valence-corrected chi connectivity index (χ2v) is 7.55. The first-order chi connectivity index (χ1) is 12.2. The molecule has 4 N–H and O–H groups in total. The van der Waals surface area contributed by atoms with Gasteiger partial charge >= 0.3 is 5.97 Å². The minimum Gasteiger partial charge on any atom is -0.492 e. The van der Waals surface area contributed by atoms with Gasteiger partial charge in [-0.1, -0.05) is 0 Å². The first kappa shape index (κ1) is 16.8. The molecule has 7 nitrogen and oxygen atoms in total. The molecule has 2 heterocycles. The zero-order valence-corrected chi connectivity index (χ0v) is 14.6. The Labute approximate surface area is 148 Å². The number of pyridine rings is 1. The van der Waals surface area contributed by atoms with Crippen LogP contribution in [0.5, 0.6) is 5.75 Å². The van der Waals surface area contributed by atoms with Gasteiger partial charge in [-0.25, -0.2) is 9.18 Å². The molecule has 2 aromatic rings. The van der Waals surface area contributed by atoms with Crippen molar-refractivity contribution in [3.63, 3.8) is 0 Å². The van der Waals surface area contributed by atoms with Crippen LogP contribution in [-0.2, 0) is 0 Å². The Morgan fingerprint density at radius 2 is 2.12 bits per heavy atom. The smallest absolute Gasteiger partial charge is 0.341 e. The molecule has 8 heteroatoms. The summed E-state index contributed by atoms with van der Waals surface area (Å²) < 4.78 is 20.4. The van der Waals surface area contributed by atoms with Crippen molar-refractivity contribution in [3.8, 4) is 5.75 Å². The molecule has 4 rings (SSSR count). The molecule has 1 aromatic heterocycles. The number of fused-ring (bicyclic) bond motifs is 1. The zero-order chi connectivity index (χ0) is 18.9. The van der Waals surface area contributed by atoms with Crippen molar-refractivity contribution >= 4 is 22.6 Å². The third-order valence-corrected chi connectivity index (χ3v) is 5.89. The van der Waals surface area contributed by atoms with Crippen LogP contribution in [0.4, 0.5) is 10.1 Å². The van der Waals surface area contributed by atoms with Gasteiger partial charge in [0.2, 0.25) is 5.43 Å². The lowest BCUT2D eigenvalue weighted by Crippen LogP contribution is -2.45. The second-order valence-electron chi connectivity index (χ2n) is 7.55. The van der Waals surface area contributed by atoms with Gasteiger partial charge in [-0.05, 0) is 25.8 Å². The minimum atomic E-state index is -1.37. The van der Waals surface area contributed by atoms with Crippen LogP contribution in [-0.4, -0.2) is 41.8 Å². The van der Waals surface area contributed by atoms with E-state index >= 15 is 0 Å². The standard InChI is InChI=1S/C18H20FN3O4/c1-17(20)7-22(8-18(17)3-4-18)13-11(19)5-9-12(15(13)26-2)21-6-10(14(9)23)16(24)25/h5-6H,3-4,7-8,20H2,1-2H3,(H,21,23)(H,24,25)/t17-/m1/s1. The number of carboxylic acids is 1. The topological polar surface area (TPSA) is 109 Å². The predicted molar refractivity (Wildman–Crippen MR) is 94.5 cm³/mol. The van der Waals surface area contributed by atoms with Gasteiger partial charge in [0.05, 0.1) is 18.0 Å². The van der Waals surface area contributed by atoms with Crippen LogP contribution in [0.1, 0.15) is 30.1 Å². The third kappa shape index (κ3) is 2.14. The van der Waals surface area contributed by atoms with Crippen LogP contribution in [0.3, 0.4) is 0 Å². The van der Waals surface area contributed by atoms with Gasteiger partial charge in [0.25, 0.3) is 0 Å². The number of carboxylic acid groups (broad SMARTS) is 1. The van der Waals surface area contributed by atoms with E-state index in [1.807, 2.05) is 11.8 Å². The fourth-order valence-electron chi connectivity index (χ4n) is 4.15. The summed E-state index contributed by atoms with van der Waals surface area (Å²) in [6.07, 6.45) is 3.12. The largest absolute Gasteiger partial charge is 0.492 e. The number of nitrogens with two attached hydrogens (primary N) is 1. The normalized spacial score (nSPS) is 23.6. The number of methoxy groups -OCH3 is 1. The van der Waals surface area contributed by atoms with Crippen molar-refractivity contribution in [1.82, 2.24) is 4.98 Å². The van der Waals surface area contributed by atoms with Crippen molar-refractivity contribution in [1.29, 1.82) is 0 Å². The Morgan fingerprint density at radius 3 is 2.65 bits per heavy atom. The summed E-state index contributed by atoms with van der Waals surface area (Å²) in [5.41, 5.74) is 5.33. The molecule has 26 heavy (non-hydrogen) atoms. The Hall–Kier alpha value is -2.61. The summed E-state index contributed by atoms with van der Waals surface area (Å²) in [7, 11) is 1.39. The highest BCUT2D eigenvalue weighted by Gasteiger charge is 2.60. The Balaban J connectivity index is 1.92. The summed E-state index contributed by atoms with van der Waals surface area (Å²) in [4.78, 5) is 28.2. The summed E-state index contributed by atoms with van der Waals surface area (Å²) in [6.45, 7) is 3.08. The van der Waals surface area contributed by atoms with Crippen LogP contribution >= 0.6 is 0 Å². The summed E-state index contributed by atoms with van der Waals surface area (Å²) in [5, 5.41) is 9.05. The quantitative estimate of drug-likeness (QED) is 0.768. The average Bonchev–Trinajstić information content (AvgIpc) is 3.29. The van der Waals surface area contributed by atoms with Crippen LogP contribution in [0.25, 0.3) is 10.9 Å². The number of aromatic amines is 1. The molecule has 1 atom stereocenters. The van der Waals surface area contributed by atoms with Crippen LogP contribution < -0.4 is 20.8 Å². The molecular formula is C18H20FN3O4. The van der Waals surface area contributed by atoms with Gasteiger partial charge in [-0.15, -0.1) is 0 Å². The van der Waals surface area contributed by atoms with E-state index in [0.29, 0.717) is 13.1 Å². The third-order valence-electron chi connectivity index (χ3n) is 5.89. The van der Waals surface area contributed by atoms with E-state index in [9.17, 15) is 14.0 Å². The Morgan fingerprint density at radius 1 is 1.42 bits per heavy atom. The number of carbonyl (C=O) groups is 1. The fraction of sp³-hybridized carbons (Fsp3) is 0.444. The number of ether oxygens (including phenoxy) is 1. The highest BCUT2D eigenvalue weighted by molar-refractivity contribution is 5.96. The molecule has 1 aliphatic carbocycles. The van der Waals surface area contributed by atoms with E-state index in [-0.39, 0.29) is 27.8 Å². The molecule has 1 saturated carbocycles. The molecule has 1 aromatic carbocycles. The first-order valence-corrected chi connectivity index (χ1v) is 8.40. The maximum absolute atomic E-state index is 15.0. The van der Waals surface area contributed by atoms with E-state index in [2.05, 4.69) is 4.98 Å². The minimum absolute atomic E-state index is 0.0139. The van der Waals surface area contributed by atoms with E-state index in [1.165, 1.54) is 7.11 Å². The number of hydrogen-bond donors (Lipinski definition) is 3. The lowest BCUT2D eigenvalue weighted by atomic mass is 9.87. The second kappa shape index (κ2) is 5.20. The number of H-pyrrole nitrogens is 1. The average molecular weight is 361 g/mol. The molecule has 1 aliphatic heterocycles. The number of halogens is 1. The van der Waals surface area contributed by atoms with E-state index in [1.54, 1.807) is 0 Å². The highest BCUT2D eigenvalue weighted by Crippen LogP contribution is 2.58. The zero-order valence-electron chi connectivity index (χ0n) is 14.6. The predicted octanol–water partition coefficient (Wildman–Crippen LogP) is 1.69. The van der Waals surface area contributed by atoms with Crippen molar-refractivity contribution in [2.45, 2.75) is 25.3 Å². The highest BCUT2D eigenvalue weighted by atomic mass is 19.1. The number of hydrogen-bond acceptors (Lipinski definition) is 5. The number of anilines is 1. The van der Waals surface area contributed by atoms with Crippen LogP contribution in [0.15, 0.2) is 17.1 Å². The fourth-order valence-corrected chi connectivity index (χ4v) is 4.15. The summed E-state index contributed by atoms with van der Waals surface area (Å²) in [5.74, 6) is -1.82. The van der Waals surface area contributed by atoms with Gasteiger partial charge in [-0.3, -0.25) is 4.79 Å². The van der Waals surface area contributed by atoms with E-state index in [4.69, 9.17) is 15.6 Å². The number of nitrogens with zero attached hydrogens (tertiary/aromatic N) is 1. The van der Waals surface area contributed by atoms with Gasteiger partial charge in [0, 0.05) is 30.2 Å². The molecular weight excluding hydrogens is 341 g/mol. The van der Waals surface area contributed by atoms with Crippen molar-refractivity contribution in [3.05, 3.63) is 33.9 Å². The van der Waals surface area contributed by atoms with E-state index < -0.39 is 28.3 Å². The van der Waals surface area contributed by atoms with Crippen molar-refractivity contribution in [2.24, 2.45) is 11.1 Å². The van der Waals surface area contributed by atoms with Crippen LogP contribution in [0, 0.1) is 11.2 Å². The van der Waals surface area contributed by atoms with Gasteiger partial charge < -0.3 is 25.5 Å². The van der Waals surface area contributed by atoms with Crippen molar-refractivity contribution in [2.75, 3.05) is 25.1 Å². The molecule has 2 aliphatic rings. The van der Waals surface area contributed by atoms with Gasteiger partial charge in [0.1, 0.15) is 11.3 Å². The number of nitrogens with one attached hydrogen (secondary N) is 1. The number of aromatic carboxylic acids is 1. The lowest BCUT2D eigenvalue weighted by Gasteiger charge is -2.25. The number of rotatable bonds is 3. The first-order valence-electron chi connectivity index (χ1n) is 8.40. The van der Waals surface area contributed by atoms with Gasteiger partial charge in [-0.2, -0.15) is 0 Å². The molecule has 0 unspecified atom stereocenters. The molecule has 0 bridgehead atoms. The number of aromatic nitrogens is 1. The van der Waals surface area contributed by atoms with Crippen LogP contribution in [0.2, 0.25) is 0 Å². The molecule has 0 amide bonds. The monoisotopic (exact) mass is 361 g/mol. The molecule has 138 valence electrons. The molecule has 1 spiro atoms. The molecule has 2 fully saturated rings. The van der Waals surface area contributed by atoms with E-state index in [0.717, 1.165) is 25.1 Å². The summed E-state index contributed by atoms with van der Waals surface area (Å²) >= 11 is 0. The maximum Gasteiger partial charge on any atom is 0.341 e. The van der Waals surface area contributed by atoms with Crippen molar-refractivity contribution < 1.29 is 19.0 Å². The lowest BCUT2D eigenvalue weighted by molar-refractivity contribution is 0.0695. The maximum atomic E-state index is 15.0. The molecule has 1 saturated heterocycles. The number of benzene rings is 1. The van der Waals surface area contributed by atoms with Gasteiger partial charge in [0.15, 0.2) is 11.6 Å². The molecule has 0 radical (unpaired) electrons. The Bertz CT molecular complexity index is 988.